The Kier molecular flexibility index (Phi) is 3.11. The number of likely N-dealkylation sites (tertiary alicyclic amines) is 1. The van der Waals surface area contributed by atoms with Crippen LogP contribution in [0.5, 0.6) is 11.5 Å². The molecule has 0 radical (unpaired) electrons. The van der Waals surface area contributed by atoms with Gasteiger partial charge >= 0.3 is 0 Å². The highest BCUT2D eigenvalue weighted by molar-refractivity contribution is 5.89. The molecule has 2 heterocycles. The Labute approximate surface area is 111 Å². The van der Waals surface area contributed by atoms with Crippen LogP contribution in [0.15, 0.2) is 24.3 Å². The molecule has 1 atom stereocenters. The molecule has 0 aliphatic carbocycles. The van der Waals surface area contributed by atoms with Crippen LogP contribution in [0.25, 0.3) is 0 Å². The Bertz CT molecular complexity index is 514. The van der Waals surface area contributed by atoms with Crippen molar-refractivity contribution >= 4 is 11.7 Å². The first-order valence-electron chi connectivity index (χ1n) is 6.43. The van der Waals surface area contributed by atoms with E-state index in [1.807, 2.05) is 12.1 Å². The van der Waals surface area contributed by atoms with E-state index in [0.717, 1.165) is 6.42 Å². The molecule has 5 nitrogen and oxygen atoms in total. The smallest absolute Gasteiger partial charge is 0.267 e. The fraction of sp³-hybridized carbons (Fsp3) is 0.429. The average Bonchev–Trinajstić information content (AvgIpc) is 2.46. The number of rotatable bonds is 1. The molecule has 1 saturated heterocycles. The van der Waals surface area contributed by atoms with Gasteiger partial charge in [0.2, 0.25) is 6.10 Å². The van der Waals surface area contributed by atoms with Crippen molar-refractivity contribution < 1.29 is 19.1 Å². The highest BCUT2D eigenvalue weighted by atomic mass is 16.6. The molecular weight excluding hydrogens is 246 g/mol. The Morgan fingerprint density at radius 3 is 2.84 bits per heavy atom. The molecule has 0 saturated carbocycles. The van der Waals surface area contributed by atoms with Gasteiger partial charge in [0.05, 0.1) is 6.54 Å². The van der Waals surface area contributed by atoms with Crippen molar-refractivity contribution in [3.05, 3.63) is 24.3 Å². The van der Waals surface area contributed by atoms with Crippen molar-refractivity contribution in [3.63, 3.8) is 0 Å². The van der Waals surface area contributed by atoms with Crippen LogP contribution in [-0.2, 0) is 9.59 Å². The van der Waals surface area contributed by atoms with Crippen LogP contribution in [-0.4, -0.2) is 42.4 Å². The molecule has 5 heteroatoms. The highest BCUT2D eigenvalue weighted by Gasteiger charge is 2.32. The Balaban J connectivity index is 1.70. The van der Waals surface area contributed by atoms with E-state index in [0.29, 0.717) is 24.5 Å². The molecule has 0 bridgehead atoms. The predicted octanol–water partition coefficient (Wildman–Crippen LogP) is 1.02. The number of ether oxygens (including phenoxy) is 2. The van der Waals surface area contributed by atoms with Crippen molar-refractivity contribution in [3.8, 4) is 11.5 Å². The summed E-state index contributed by atoms with van der Waals surface area (Å²) in [5.74, 6) is 1.18. The van der Waals surface area contributed by atoms with Crippen LogP contribution in [0.4, 0.5) is 0 Å². The lowest BCUT2D eigenvalue weighted by atomic mass is 10.1. The third kappa shape index (κ3) is 2.41. The fourth-order valence-corrected chi connectivity index (χ4v) is 2.37. The summed E-state index contributed by atoms with van der Waals surface area (Å²) in [5, 5.41) is 0. The van der Waals surface area contributed by atoms with Gasteiger partial charge in [0.1, 0.15) is 6.61 Å². The first kappa shape index (κ1) is 12.0. The standard InChI is InChI=1S/C14H15NO4/c16-10-4-3-7-15(8-10)14(17)13-9-18-11-5-1-2-6-12(11)19-13/h1-2,5-6,13H,3-4,7-9H2. The van der Waals surface area contributed by atoms with Gasteiger partial charge in [-0.1, -0.05) is 12.1 Å². The second kappa shape index (κ2) is 4.91. The largest absolute Gasteiger partial charge is 0.485 e. The Hall–Kier alpha value is -2.04. The minimum atomic E-state index is -0.652. The van der Waals surface area contributed by atoms with E-state index in [4.69, 9.17) is 9.47 Å². The van der Waals surface area contributed by atoms with Gasteiger partial charge in [0, 0.05) is 13.0 Å². The molecule has 1 aromatic rings. The molecule has 1 aromatic carbocycles. The van der Waals surface area contributed by atoms with E-state index in [-0.39, 0.29) is 24.8 Å². The predicted molar refractivity (Wildman–Crippen MR) is 67.2 cm³/mol. The normalized spacial score (nSPS) is 22.2. The van der Waals surface area contributed by atoms with E-state index >= 15 is 0 Å². The summed E-state index contributed by atoms with van der Waals surface area (Å²) < 4.78 is 11.2. The lowest BCUT2D eigenvalue weighted by Gasteiger charge is -2.32. The van der Waals surface area contributed by atoms with Crippen molar-refractivity contribution in [2.75, 3.05) is 19.7 Å². The molecule has 100 valence electrons. The van der Waals surface area contributed by atoms with Crippen molar-refractivity contribution in [2.45, 2.75) is 18.9 Å². The zero-order valence-electron chi connectivity index (χ0n) is 10.5. The number of carbonyl (C=O) groups is 2. The molecule has 0 spiro atoms. The molecule has 1 fully saturated rings. The molecule has 2 aliphatic rings. The SMILES string of the molecule is O=C1CCCN(C(=O)C2COc3ccccc3O2)C1. The van der Waals surface area contributed by atoms with Gasteiger partial charge in [-0.2, -0.15) is 0 Å². The average molecular weight is 261 g/mol. The monoisotopic (exact) mass is 261 g/mol. The summed E-state index contributed by atoms with van der Waals surface area (Å²) in [6.45, 7) is 1.01. The van der Waals surface area contributed by atoms with Crippen LogP contribution < -0.4 is 9.47 Å². The summed E-state index contributed by atoms with van der Waals surface area (Å²) in [4.78, 5) is 25.2. The summed E-state index contributed by atoms with van der Waals surface area (Å²) in [5.41, 5.74) is 0. The minimum Gasteiger partial charge on any atom is -0.485 e. The molecular formula is C14H15NO4. The lowest BCUT2D eigenvalue weighted by molar-refractivity contribution is -0.145. The number of ketones is 1. The van der Waals surface area contributed by atoms with Crippen molar-refractivity contribution in [1.82, 2.24) is 4.90 Å². The number of hydrogen-bond donors (Lipinski definition) is 0. The number of hydrogen-bond acceptors (Lipinski definition) is 4. The minimum absolute atomic E-state index is 0.108. The Morgan fingerprint density at radius 2 is 2.05 bits per heavy atom. The zero-order valence-corrected chi connectivity index (χ0v) is 10.5. The van der Waals surface area contributed by atoms with E-state index in [1.165, 1.54) is 0 Å². The van der Waals surface area contributed by atoms with Gasteiger partial charge in [-0.25, -0.2) is 0 Å². The van der Waals surface area contributed by atoms with Gasteiger partial charge in [-0.15, -0.1) is 0 Å². The summed E-state index contributed by atoms with van der Waals surface area (Å²) in [7, 11) is 0. The van der Waals surface area contributed by atoms with Crippen LogP contribution in [0.2, 0.25) is 0 Å². The van der Waals surface area contributed by atoms with Crippen molar-refractivity contribution in [2.24, 2.45) is 0 Å². The van der Waals surface area contributed by atoms with E-state index in [1.54, 1.807) is 17.0 Å². The van der Waals surface area contributed by atoms with Crippen molar-refractivity contribution in [1.29, 1.82) is 0 Å². The first-order chi connectivity index (χ1) is 9.24. The van der Waals surface area contributed by atoms with Crippen LogP contribution in [0.1, 0.15) is 12.8 Å². The highest BCUT2D eigenvalue weighted by Crippen LogP contribution is 2.31. The van der Waals surface area contributed by atoms with Gasteiger partial charge in [0.15, 0.2) is 17.3 Å². The summed E-state index contributed by atoms with van der Waals surface area (Å²) >= 11 is 0. The molecule has 1 amide bonds. The lowest BCUT2D eigenvalue weighted by Crippen LogP contribution is -2.49. The van der Waals surface area contributed by atoms with Gasteiger partial charge in [0.25, 0.3) is 5.91 Å². The maximum Gasteiger partial charge on any atom is 0.267 e. The number of para-hydroxylation sites is 2. The number of carbonyl (C=O) groups excluding carboxylic acids is 2. The van der Waals surface area contributed by atoms with Gasteiger partial charge in [-0.05, 0) is 18.6 Å². The number of amides is 1. The third-order valence-corrected chi connectivity index (χ3v) is 3.35. The fourth-order valence-electron chi connectivity index (χ4n) is 2.37. The zero-order chi connectivity index (χ0) is 13.2. The second-order valence-electron chi connectivity index (χ2n) is 4.77. The van der Waals surface area contributed by atoms with Gasteiger partial charge < -0.3 is 14.4 Å². The Morgan fingerprint density at radius 1 is 1.26 bits per heavy atom. The maximum atomic E-state index is 12.3. The van der Waals surface area contributed by atoms with Gasteiger partial charge in [-0.3, -0.25) is 9.59 Å². The van der Waals surface area contributed by atoms with Crippen LogP contribution in [0.3, 0.4) is 0 Å². The first-order valence-corrected chi connectivity index (χ1v) is 6.43. The topological polar surface area (TPSA) is 55.8 Å². The summed E-state index contributed by atoms with van der Waals surface area (Å²) in [6, 6.07) is 7.27. The second-order valence-corrected chi connectivity index (χ2v) is 4.77. The molecule has 19 heavy (non-hydrogen) atoms. The molecule has 0 aromatic heterocycles. The number of fused-ring (bicyclic) bond motifs is 1. The molecule has 0 N–H and O–H groups in total. The number of nitrogens with zero attached hydrogens (tertiary/aromatic N) is 1. The van der Waals surface area contributed by atoms with E-state index in [2.05, 4.69) is 0 Å². The van der Waals surface area contributed by atoms with Crippen LogP contribution >= 0.6 is 0 Å². The van der Waals surface area contributed by atoms with Crippen LogP contribution in [0, 0.1) is 0 Å². The third-order valence-electron chi connectivity index (χ3n) is 3.35. The number of Topliss-reactive ketones (excluding diaryl/α,β-unsaturated/α-hetero) is 1. The van der Waals surface area contributed by atoms with E-state index < -0.39 is 6.10 Å². The number of benzene rings is 1. The molecule has 1 unspecified atom stereocenters. The molecule has 2 aliphatic heterocycles. The quantitative estimate of drug-likeness (QED) is 0.757. The maximum absolute atomic E-state index is 12.3. The number of piperidine rings is 1. The molecule has 3 rings (SSSR count). The van der Waals surface area contributed by atoms with E-state index in [9.17, 15) is 9.59 Å². The summed E-state index contributed by atoms with van der Waals surface area (Å²) in [6.07, 6.45) is 0.643.